The molecule has 106 valence electrons. The van der Waals surface area contributed by atoms with E-state index in [1.165, 1.54) is 0 Å². The van der Waals surface area contributed by atoms with Gasteiger partial charge in [-0.25, -0.2) is 0 Å². The molecule has 0 spiro atoms. The van der Waals surface area contributed by atoms with Gasteiger partial charge in [-0.2, -0.15) is 0 Å². The second-order valence-corrected chi connectivity index (χ2v) is 6.28. The van der Waals surface area contributed by atoms with E-state index in [9.17, 15) is 14.7 Å². The predicted molar refractivity (Wildman–Crippen MR) is 77.3 cm³/mol. The summed E-state index contributed by atoms with van der Waals surface area (Å²) in [5, 5.41) is 9.22. The molecule has 0 saturated carbocycles. The van der Waals surface area contributed by atoms with Gasteiger partial charge < -0.3 is 15.7 Å². The van der Waals surface area contributed by atoms with Crippen LogP contribution in [0.4, 0.5) is 5.69 Å². The van der Waals surface area contributed by atoms with Crippen LogP contribution in [0.3, 0.4) is 0 Å². The van der Waals surface area contributed by atoms with Gasteiger partial charge in [0.05, 0.1) is 5.92 Å². The van der Waals surface area contributed by atoms with Gasteiger partial charge in [-0.3, -0.25) is 9.59 Å². The highest BCUT2D eigenvalue weighted by molar-refractivity contribution is 9.10. The van der Waals surface area contributed by atoms with Crippen LogP contribution in [0, 0.1) is 5.92 Å². The Morgan fingerprint density at radius 2 is 2.10 bits per heavy atom. The van der Waals surface area contributed by atoms with Crippen LogP contribution in [-0.2, 0) is 4.79 Å². The molecule has 2 fully saturated rings. The first-order valence-electron chi connectivity index (χ1n) is 6.59. The van der Waals surface area contributed by atoms with Crippen LogP contribution < -0.4 is 5.73 Å². The summed E-state index contributed by atoms with van der Waals surface area (Å²) >= 11 is 3.31. The number of carbonyl (C=O) groups is 2. The molecular weight excluding hydrogens is 324 g/mol. The number of nitrogens with two attached hydrogens (primary N) is 1. The smallest absolute Gasteiger partial charge is 0.308 e. The van der Waals surface area contributed by atoms with Crippen molar-refractivity contribution in [2.75, 3.05) is 5.73 Å². The molecule has 3 N–H and O–H groups in total. The molecule has 20 heavy (non-hydrogen) atoms. The molecule has 0 radical (unpaired) electrons. The van der Waals surface area contributed by atoms with E-state index in [1.54, 1.807) is 23.1 Å². The lowest BCUT2D eigenvalue weighted by atomic mass is 9.89. The molecule has 2 heterocycles. The molecule has 2 aliphatic heterocycles. The maximum absolute atomic E-state index is 12.6. The molecule has 5 nitrogen and oxygen atoms in total. The summed E-state index contributed by atoms with van der Waals surface area (Å²) in [6.45, 7) is 0. The van der Waals surface area contributed by atoms with Crippen LogP contribution in [0.15, 0.2) is 22.7 Å². The van der Waals surface area contributed by atoms with Crippen LogP contribution >= 0.6 is 15.9 Å². The number of carbonyl (C=O) groups excluding carboxylic acids is 1. The second kappa shape index (κ2) is 4.77. The molecule has 2 saturated heterocycles. The Bertz CT molecular complexity index is 590. The molecule has 0 aliphatic carbocycles. The van der Waals surface area contributed by atoms with Crippen molar-refractivity contribution in [3.05, 3.63) is 28.2 Å². The van der Waals surface area contributed by atoms with Gasteiger partial charge >= 0.3 is 5.97 Å². The van der Waals surface area contributed by atoms with Gasteiger partial charge in [0.15, 0.2) is 0 Å². The fourth-order valence-electron chi connectivity index (χ4n) is 3.38. The SMILES string of the molecule is Nc1ccc(C(=O)N2C3CCC2C(C(=O)O)C3)cc1Br. The Hall–Kier alpha value is -1.56. The summed E-state index contributed by atoms with van der Waals surface area (Å²) in [6, 6.07) is 4.97. The van der Waals surface area contributed by atoms with Gasteiger partial charge in [0.2, 0.25) is 0 Å². The van der Waals surface area contributed by atoms with Gasteiger partial charge in [0, 0.05) is 27.8 Å². The van der Waals surface area contributed by atoms with Crippen LogP contribution in [0.5, 0.6) is 0 Å². The zero-order chi connectivity index (χ0) is 14.4. The summed E-state index contributed by atoms with van der Waals surface area (Å²) in [7, 11) is 0. The number of nitrogens with zero attached hydrogens (tertiary/aromatic N) is 1. The molecule has 1 aromatic rings. The van der Waals surface area contributed by atoms with E-state index in [0.29, 0.717) is 22.1 Å². The Morgan fingerprint density at radius 1 is 1.35 bits per heavy atom. The average Bonchev–Trinajstić information content (AvgIpc) is 2.98. The number of hydrogen-bond donors (Lipinski definition) is 2. The third-order valence-electron chi connectivity index (χ3n) is 4.34. The Balaban J connectivity index is 1.88. The number of anilines is 1. The van der Waals surface area contributed by atoms with E-state index >= 15 is 0 Å². The van der Waals surface area contributed by atoms with E-state index in [-0.39, 0.29) is 18.0 Å². The first-order chi connectivity index (χ1) is 9.49. The van der Waals surface area contributed by atoms with E-state index in [2.05, 4.69) is 15.9 Å². The van der Waals surface area contributed by atoms with Crippen molar-refractivity contribution in [3.8, 4) is 0 Å². The van der Waals surface area contributed by atoms with Crippen molar-refractivity contribution in [1.29, 1.82) is 0 Å². The summed E-state index contributed by atoms with van der Waals surface area (Å²) in [4.78, 5) is 25.6. The van der Waals surface area contributed by atoms with Crippen molar-refractivity contribution >= 4 is 33.5 Å². The van der Waals surface area contributed by atoms with Crippen LogP contribution in [0.1, 0.15) is 29.6 Å². The summed E-state index contributed by atoms with van der Waals surface area (Å²) in [5.41, 5.74) is 6.85. The van der Waals surface area contributed by atoms with Crippen molar-refractivity contribution in [2.24, 2.45) is 5.92 Å². The topological polar surface area (TPSA) is 83.6 Å². The van der Waals surface area contributed by atoms with E-state index in [4.69, 9.17) is 5.73 Å². The fourth-order valence-corrected chi connectivity index (χ4v) is 3.76. The molecule has 0 aromatic heterocycles. The molecule has 6 heteroatoms. The highest BCUT2D eigenvalue weighted by atomic mass is 79.9. The lowest BCUT2D eigenvalue weighted by Gasteiger charge is -2.23. The number of halogens is 1. The van der Waals surface area contributed by atoms with Gasteiger partial charge in [0.1, 0.15) is 0 Å². The van der Waals surface area contributed by atoms with Crippen molar-refractivity contribution < 1.29 is 14.7 Å². The molecule has 1 aromatic carbocycles. The zero-order valence-electron chi connectivity index (χ0n) is 10.8. The van der Waals surface area contributed by atoms with Gasteiger partial charge in [-0.15, -0.1) is 0 Å². The van der Waals surface area contributed by atoms with Gasteiger partial charge in [-0.05, 0) is 53.4 Å². The zero-order valence-corrected chi connectivity index (χ0v) is 12.3. The second-order valence-electron chi connectivity index (χ2n) is 5.43. The lowest BCUT2D eigenvalue weighted by molar-refractivity contribution is -0.142. The first kappa shape index (κ1) is 13.4. The molecule has 1 amide bonds. The third kappa shape index (κ3) is 1.98. The van der Waals surface area contributed by atoms with Crippen LogP contribution in [0.2, 0.25) is 0 Å². The summed E-state index contributed by atoms with van der Waals surface area (Å²) < 4.78 is 0.685. The number of amides is 1. The Morgan fingerprint density at radius 3 is 2.70 bits per heavy atom. The Kier molecular flexibility index (Phi) is 3.20. The maximum atomic E-state index is 12.6. The normalized spacial score (nSPS) is 27.9. The minimum atomic E-state index is -0.798. The highest BCUT2D eigenvalue weighted by Crippen LogP contribution is 2.42. The molecule has 2 bridgehead atoms. The molecule has 3 unspecified atom stereocenters. The minimum absolute atomic E-state index is 0.0601. The molecule has 3 atom stereocenters. The summed E-state index contributed by atoms with van der Waals surface area (Å²) in [6.07, 6.45) is 2.25. The van der Waals surface area contributed by atoms with Gasteiger partial charge in [-0.1, -0.05) is 0 Å². The highest BCUT2D eigenvalue weighted by Gasteiger charge is 2.51. The Labute approximate surface area is 124 Å². The minimum Gasteiger partial charge on any atom is -0.481 e. The average molecular weight is 339 g/mol. The van der Waals surface area contributed by atoms with Crippen molar-refractivity contribution in [1.82, 2.24) is 4.90 Å². The number of nitrogen functional groups attached to an aromatic ring is 1. The predicted octanol–water partition coefficient (Wildman–Crippen LogP) is 2.11. The quantitative estimate of drug-likeness (QED) is 0.809. The summed E-state index contributed by atoms with van der Waals surface area (Å²) in [5.74, 6) is -1.31. The van der Waals surface area contributed by atoms with Crippen LogP contribution in [0.25, 0.3) is 0 Å². The standard InChI is InChI=1S/C14H15BrN2O3/c15-10-5-7(1-3-11(10)16)13(18)17-8-2-4-12(17)9(6-8)14(19)20/h1,3,5,8-9,12H,2,4,6,16H2,(H,19,20). The van der Waals surface area contributed by atoms with E-state index < -0.39 is 11.9 Å². The van der Waals surface area contributed by atoms with Crippen molar-refractivity contribution in [2.45, 2.75) is 31.3 Å². The molecule has 2 aliphatic rings. The van der Waals surface area contributed by atoms with Crippen molar-refractivity contribution in [3.63, 3.8) is 0 Å². The molecular formula is C14H15BrN2O3. The largest absolute Gasteiger partial charge is 0.481 e. The first-order valence-corrected chi connectivity index (χ1v) is 7.39. The monoisotopic (exact) mass is 338 g/mol. The van der Waals surface area contributed by atoms with Crippen LogP contribution in [-0.4, -0.2) is 34.0 Å². The van der Waals surface area contributed by atoms with Gasteiger partial charge in [0.25, 0.3) is 5.91 Å². The fraction of sp³-hybridized carbons (Fsp3) is 0.429. The lowest BCUT2D eigenvalue weighted by Crippen LogP contribution is -2.37. The molecule has 3 rings (SSSR count). The number of aliphatic carboxylic acids is 1. The number of fused-ring (bicyclic) bond motifs is 2. The number of rotatable bonds is 2. The third-order valence-corrected chi connectivity index (χ3v) is 5.02. The van der Waals surface area contributed by atoms with E-state index in [1.807, 2.05) is 0 Å². The van der Waals surface area contributed by atoms with E-state index in [0.717, 1.165) is 12.8 Å². The number of carboxylic acid groups (broad SMARTS) is 1. The number of hydrogen-bond acceptors (Lipinski definition) is 3. The number of benzene rings is 1. The number of carboxylic acids is 1. The maximum Gasteiger partial charge on any atom is 0.308 e.